The van der Waals surface area contributed by atoms with E-state index < -0.39 is 5.91 Å². The van der Waals surface area contributed by atoms with E-state index in [9.17, 15) is 14.7 Å². The summed E-state index contributed by atoms with van der Waals surface area (Å²) >= 11 is 1.95. The third kappa shape index (κ3) is 3.09. The van der Waals surface area contributed by atoms with E-state index in [1.165, 1.54) is 18.0 Å². The Balaban J connectivity index is 2.88. The minimum absolute atomic E-state index is 0.0407. The molecule has 0 aliphatic heterocycles. The molecule has 0 atom stereocenters. The molecular formula is C10H11IN2O3. The number of rotatable bonds is 3. The number of nitrogens with zero attached hydrogens (tertiary/aromatic N) is 1. The quantitative estimate of drug-likeness (QED) is 0.792. The number of benzene rings is 1. The van der Waals surface area contributed by atoms with E-state index in [0.29, 0.717) is 9.13 Å². The van der Waals surface area contributed by atoms with Crippen LogP contribution in [-0.4, -0.2) is 35.4 Å². The first-order chi connectivity index (χ1) is 7.41. The molecule has 0 fully saturated rings. The van der Waals surface area contributed by atoms with Crippen molar-refractivity contribution >= 4 is 34.4 Å². The molecule has 0 aliphatic carbocycles. The molecular weight excluding hydrogens is 323 g/mol. The van der Waals surface area contributed by atoms with Crippen LogP contribution in [0.4, 0.5) is 0 Å². The van der Waals surface area contributed by atoms with Gasteiger partial charge in [0.2, 0.25) is 5.91 Å². The van der Waals surface area contributed by atoms with Crippen molar-refractivity contribution in [3.8, 4) is 5.75 Å². The third-order valence-corrected chi connectivity index (χ3v) is 2.84. The zero-order valence-corrected chi connectivity index (χ0v) is 10.8. The lowest BCUT2D eigenvalue weighted by Crippen LogP contribution is -2.35. The molecule has 1 aromatic carbocycles. The summed E-state index contributed by atoms with van der Waals surface area (Å²) in [6, 6.07) is 4.57. The Bertz CT molecular complexity index is 434. The number of primary amides is 1. The number of aromatic hydroxyl groups is 1. The number of nitrogens with two attached hydrogens (primary N) is 1. The third-order valence-electron chi connectivity index (χ3n) is 1.93. The summed E-state index contributed by atoms with van der Waals surface area (Å²) in [7, 11) is 1.47. The standard InChI is InChI=1S/C10H11IN2O3/c1-13(5-9(12)15)10(16)6-2-3-7(11)8(14)4-6/h2-4,14H,5H2,1H3,(H2,12,15). The summed E-state index contributed by atoms with van der Waals surface area (Å²) in [5, 5.41) is 9.44. The average molecular weight is 334 g/mol. The molecule has 0 heterocycles. The number of phenolic OH excluding ortho intramolecular Hbond substituents is 1. The van der Waals surface area contributed by atoms with Crippen molar-refractivity contribution < 1.29 is 14.7 Å². The van der Waals surface area contributed by atoms with Gasteiger partial charge in [-0.3, -0.25) is 9.59 Å². The van der Waals surface area contributed by atoms with Crippen LogP contribution in [0.1, 0.15) is 10.4 Å². The Hall–Kier alpha value is -1.31. The van der Waals surface area contributed by atoms with Crippen LogP contribution in [-0.2, 0) is 4.79 Å². The molecule has 16 heavy (non-hydrogen) atoms. The van der Waals surface area contributed by atoms with Crippen LogP contribution < -0.4 is 5.73 Å². The molecule has 6 heteroatoms. The maximum Gasteiger partial charge on any atom is 0.254 e. The van der Waals surface area contributed by atoms with Gasteiger partial charge in [-0.2, -0.15) is 0 Å². The predicted molar refractivity (Wildman–Crippen MR) is 67.0 cm³/mol. The highest BCUT2D eigenvalue weighted by Gasteiger charge is 2.14. The molecule has 0 spiro atoms. The average Bonchev–Trinajstić information content (AvgIpc) is 2.20. The van der Waals surface area contributed by atoms with Crippen LogP contribution >= 0.6 is 22.6 Å². The lowest BCUT2D eigenvalue weighted by molar-refractivity contribution is -0.118. The molecule has 0 bridgehead atoms. The largest absolute Gasteiger partial charge is 0.507 e. The predicted octanol–water partition coefficient (Wildman–Crippen LogP) is 0.554. The zero-order valence-electron chi connectivity index (χ0n) is 8.61. The highest BCUT2D eigenvalue weighted by molar-refractivity contribution is 14.1. The highest BCUT2D eigenvalue weighted by Crippen LogP contribution is 2.20. The van der Waals surface area contributed by atoms with Gasteiger partial charge in [-0.1, -0.05) is 0 Å². The van der Waals surface area contributed by atoms with Crippen molar-refractivity contribution in [3.05, 3.63) is 27.3 Å². The van der Waals surface area contributed by atoms with Crippen molar-refractivity contribution in [2.75, 3.05) is 13.6 Å². The number of phenols is 1. The first-order valence-electron chi connectivity index (χ1n) is 4.44. The summed E-state index contributed by atoms with van der Waals surface area (Å²) in [6.45, 7) is -0.147. The first-order valence-corrected chi connectivity index (χ1v) is 5.52. The van der Waals surface area contributed by atoms with Crippen LogP contribution in [0.3, 0.4) is 0 Å². The normalized spacial score (nSPS) is 9.88. The van der Waals surface area contributed by atoms with Crippen LogP contribution in [0, 0.1) is 3.57 Å². The maximum atomic E-state index is 11.7. The van der Waals surface area contributed by atoms with Gasteiger partial charge in [0.05, 0.1) is 10.1 Å². The molecule has 1 rings (SSSR count). The monoisotopic (exact) mass is 334 g/mol. The van der Waals surface area contributed by atoms with Gasteiger partial charge >= 0.3 is 0 Å². The van der Waals surface area contributed by atoms with Crippen molar-refractivity contribution in [2.24, 2.45) is 5.73 Å². The lowest BCUT2D eigenvalue weighted by atomic mass is 10.2. The van der Waals surface area contributed by atoms with Gasteiger partial charge in [0.1, 0.15) is 5.75 Å². The fourth-order valence-corrected chi connectivity index (χ4v) is 1.51. The Morgan fingerprint density at radius 1 is 1.50 bits per heavy atom. The van der Waals surface area contributed by atoms with Crippen molar-refractivity contribution in [2.45, 2.75) is 0 Å². The molecule has 2 amide bonds. The summed E-state index contributed by atoms with van der Waals surface area (Å²) < 4.78 is 0.659. The molecule has 86 valence electrons. The van der Waals surface area contributed by atoms with E-state index in [1.807, 2.05) is 22.6 Å². The number of carbonyl (C=O) groups excluding carboxylic acids is 2. The topological polar surface area (TPSA) is 83.6 Å². The Morgan fingerprint density at radius 2 is 2.12 bits per heavy atom. The van der Waals surface area contributed by atoms with Gasteiger partial charge in [-0.05, 0) is 40.8 Å². The van der Waals surface area contributed by atoms with E-state index >= 15 is 0 Å². The molecule has 0 aliphatic rings. The zero-order chi connectivity index (χ0) is 12.3. The lowest BCUT2D eigenvalue weighted by Gasteiger charge is -2.15. The number of likely N-dealkylation sites (N-methyl/N-ethyl adjacent to an activating group) is 1. The molecule has 1 aromatic rings. The van der Waals surface area contributed by atoms with Crippen molar-refractivity contribution in [1.82, 2.24) is 4.90 Å². The number of hydrogen-bond donors (Lipinski definition) is 2. The summed E-state index contributed by atoms with van der Waals surface area (Å²) in [4.78, 5) is 23.6. The summed E-state index contributed by atoms with van der Waals surface area (Å²) in [5.74, 6) is -0.894. The summed E-state index contributed by atoms with van der Waals surface area (Å²) in [5.41, 5.74) is 5.30. The smallest absolute Gasteiger partial charge is 0.254 e. The molecule has 0 saturated carbocycles. The molecule has 3 N–H and O–H groups in total. The van der Waals surface area contributed by atoms with E-state index in [4.69, 9.17) is 5.73 Å². The van der Waals surface area contributed by atoms with Crippen molar-refractivity contribution in [3.63, 3.8) is 0 Å². The second-order valence-electron chi connectivity index (χ2n) is 3.29. The molecule has 0 radical (unpaired) electrons. The molecule has 0 saturated heterocycles. The van der Waals surface area contributed by atoms with Gasteiger partial charge < -0.3 is 15.7 Å². The highest BCUT2D eigenvalue weighted by atomic mass is 127. The van der Waals surface area contributed by atoms with E-state index in [1.54, 1.807) is 12.1 Å². The fraction of sp³-hybridized carbons (Fsp3) is 0.200. The number of halogens is 1. The Kier molecular flexibility index (Phi) is 4.11. The van der Waals surface area contributed by atoms with Gasteiger partial charge in [0.25, 0.3) is 5.91 Å². The van der Waals surface area contributed by atoms with Crippen LogP contribution in [0.25, 0.3) is 0 Å². The number of carbonyl (C=O) groups is 2. The molecule has 0 aromatic heterocycles. The molecule has 5 nitrogen and oxygen atoms in total. The van der Waals surface area contributed by atoms with Crippen LogP contribution in [0.5, 0.6) is 5.75 Å². The van der Waals surface area contributed by atoms with Crippen molar-refractivity contribution in [1.29, 1.82) is 0 Å². The minimum Gasteiger partial charge on any atom is -0.507 e. The number of amides is 2. The number of hydrogen-bond acceptors (Lipinski definition) is 3. The second kappa shape index (κ2) is 5.15. The Labute approximate surface area is 106 Å². The summed E-state index contributed by atoms with van der Waals surface area (Å²) in [6.07, 6.45) is 0. The van der Waals surface area contributed by atoms with Gasteiger partial charge in [-0.15, -0.1) is 0 Å². The Morgan fingerprint density at radius 3 is 2.62 bits per heavy atom. The van der Waals surface area contributed by atoms with E-state index in [2.05, 4.69) is 0 Å². The maximum absolute atomic E-state index is 11.7. The first kappa shape index (κ1) is 12.8. The van der Waals surface area contributed by atoms with E-state index in [-0.39, 0.29) is 18.2 Å². The second-order valence-corrected chi connectivity index (χ2v) is 4.46. The van der Waals surface area contributed by atoms with Gasteiger partial charge in [0, 0.05) is 12.6 Å². The van der Waals surface area contributed by atoms with Gasteiger partial charge in [-0.25, -0.2) is 0 Å². The molecule has 0 unspecified atom stereocenters. The SMILES string of the molecule is CN(CC(N)=O)C(=O)c1ccc(I)c(O)c1. The van der Waals surface area contributed by atoms with Gasteiger partial charge in [0.15, 0.2) is 0 Å². The van der Waals surface area contributed by atoms with E-state index in [0.717, 1.165) is 0 Å². The minimum atomic E-state index is -0.578. The van der Waals surface area contributed by atoms with Crippen LogP contribution in [0.2, 0.25) is 0 Å². The fourth-order valence-electron chi connectivity index (χ4n) is 1.17. The van der Waals surface area contributed by atoms with Crippen LogP contribution in [0.15, 0.2) is 18.2 Å².